The van der Waals surface area contributed by atoms with Gasteiger partial charge in [0.1, 0.15) is 10.7 Å². The van der Waals surface area contributed by atoms with E-state index in [1.807, 2.05) is 13.8 Å². The lowest BCUT2D eigenvalue weighted by molar-refractivity contribution is 0.0959. The predicted octanol–water partition coefficient (Wildman–Crippen LogP) is 0.234. The van der Waals surface area contributed by atoms with Crippen LogP contribution < -0.4 is 22.1 Å². The normalized spacial score (nSPS) is 10.5. The van der Waals surface area contributed by atoms with Gasteiger partial charge in [-0.2, -0.15) is 0 Å². The van der Waals surface area contributed by atoms with E-state index in [4.69, 9.17) is 11.5 Å². The molecule has 0 atom stereocenters. The number of nitrogens with two attached hydrogens (primary N) is 2. The van der Waals surface area contributed by atoms with E-state index < -0.39 is 0 Å². The summed E-state index contributed by atoms with van der Waals surface area (Å²) in [4.78, 5) is 16.1. The minimum atomic E-state index is -0.225. The van der Waals surface area contributed by atoms with Gasteiger partial charge in [0.25, 0.3) is 5.91 Å². The van der Waals surface area contributed by atoms with Crippen LogP contribution in [-0.2, 0) is 0 Å². The number of carbonyl (C=O) groups excluding carboxylic acids is 1. The molecule has 0 aliphatic carbocycles. The van der Waals surface area contributed by atoms with Crippen molar-refractivity contribution in [2.24, 2.45) is 5.73 Å². The molecule has 1 aromatic rings. The monoisotopic (exact) mass is 243 g/mol. The van der Waals surface area contributed by atoms with E-state index in [2.05, 4.69) is 15.6 Å². The molecule has 0 spiro atoms. The highest BCUT2D eigenvalue weighted by atomic mass is 32.1. The molecule has 0 saturated heterocycles. The highest BCUT2D eigenvalue weighted by Crippen LogP contribution is 2.25. The van der Waals surface area contributed by atoms with Crippen LogP contribution in [0.25, 0.3) is 0 Å². The van der Waals surface area contributed by atoms with Crippen molar-refractivity contribution in [2.45, 2.75) is 19.9 Å². The van der Waals surface area contributed by atoms with Gasteiger partial charge < -0.3 is 22.1 Å². The topological polar surface area (TPSA) is 106 Å². The van der Waals surface area contributed by atoms with E-state index in [9.17, 15) is 4.79 Å². The Kier molecular flexibility index (Phi) is 4.51. The third kappa shape index (κ3) is 3.35. The highest BCUT2D eigenvalue weighted by Gasteiger charge is 2.15. The lowest BCUT2D eigenvalue weighted by atomic mass is 10.4. The molecule has 7 heteroatoms. The summed E-state index contributed by atoms with van der Waals surface area (Å²) in [6.07, 6.45) is 0. The predicted molar refractivity (Wildman–Crippen MR) is 66.7 cm³/mol. The van der Waals surface area contributed by atoms with Gasteiger partial charge in [-0.25, -0.2) is 4.98 Å². The number of anilines is 2. The van der Waals surface area contributed by atoms with Gasteiger partial charge >= 0.3 is 0 Å². The third-order valence-electron chi connectivity index (χ3n) is 1.70. The molecule has 90 valence electrons. The molecule has 6 N–H and O–H groups in total. The Hall–Kier alpha value is -1.34. The molecule has 6 nitrogen and oxygen atoms in total. The maximum atomic E-state index is 11.6. The summed E-state index contributed by atoms with van der Waals surface area (Å²) < 4.78 is 0. The molecule has 0 bridgehead atoms. The molecule has 0 saturated carbocycles. The van der Waals surface area contributed by atoms with Crippen LogP contribution in [0.2, 0.25) is 0 Å². The molecular formula is C9H17N5OS. The number of hydrogen-bond donors (Lipinski definition) is 4. The van der Waals surface area contributed by atoms with Crippen molar-refractivity contribution in [2.75, 3.05) is 24.1 Å². The minimum absolute atomic E-state index is 0.225. The Morgan fingerprint density at radius 1 is 1.56 bits per heavy atom. The number of rotatable bonds is 5. The van der Waals surface area contributed by atoms with Crippen molar-refractivity contribution in [1.29, 1.82) is 0 Å². The SMILES string of the molecule is CC(C)Nc1nc(N)c(C(=O)NCCN)s1. The molecule has 1 amide bonds. The summed E-state index contributed by atoms with van der Waals surface area (Å²) in [5, 5.41) is 6.41. The smallest absolute Gasteiger partial charge is 0.265 e. The second-order valence-electron chi connectivity index (χ2n) is 3.58. The van der Waals surface area contributed by atoms with Crippen LogP contribution in [0.5, 0.6) is 0 Å². The lowest BCUT2D eigenvalue weighted by Gasteiger charge is -2.04. The first-order chi connectivity index (χ1) is 7.54. The van der Waals surface area contributed by atoms with Crippen molar-refractivity contribution in [3.8, 4) is 0 Å². The van der Waals surface area contributed by atoms with E-state index in [0.29, 0.717) is 23.1 Å². The zero-order chi connectivity index (χ0) is 12.1. The van der Waals surface area contributed by atoms with Gasteiger partial charge in [0.05, 0.1) is 0 Å². The van der Waals surface area contributed by atoms with E-state index in [1.165, 1.54) is 11.3 Å². The first kappa shape index (κ1) is 12.7. The summed E-state index contributed by atoms with van der Waals surface area (Å²) in [7, 11) is 0. The quantitative estimate of drug-likeness (QED) is 0.592. The second-order valence-corrected chi connectivity index (χ2v) is 4.58. The average molecular weight is 243 g/mol. The maximum Gasteiger partial charge on any atom is 0.265 e. The fourth-order valence-electron chi connectivity index (χ4n) is 1.07. The van der Waals surface area contributed by atoms with E-state index >= 15 is 0 Å². The zero-order valence-corrected chi connectivity index (χ0v) is 10.2. The Bertz CT molecular complexity index is 363. The molecule has 16 heavy (non-hydrogen) atoms. The summed E-state index contributed by atoms with van der Waals surface area (Å²) in [6.45, 7) is 4.82. The van der Waals surface area contributed by atoms with Crippen LogP contribution in [0.1, 0.15) is 23.5 Å². The summed E-state index contributed by atoms with van der Waals surface area (Å²) in [6, 6.07) is 0.255. The van der Waals surface area contributed by atoms with Gasteiger partial charge in [-0.15, -0.1) is 0 Å². The first-order valence-electron chi connectivity index (χ1n) is 5.05. The van der Waals surface area contributed by atoms with Gasteiger partial charge in [-0.1, -0.05) is 11.3 Å². The van der Waals surface area contributed by atoms with Crippen LogP contribution in [-0.4, -0.2) is 30.0 Å². The number of nitrogens with one attached hydrogen (secondary N) is 2. The van der Waals surface area contributed by atoms with Crippen molar-refractivity contribution in [1.82, 2.24) is 10.3 Å². The largest absolute Gasteiger partial charge is 0.382 e. The molecule has 0 aliphatic rings. The average Bonchev–Trinajstić information content (AvgIpc) is 2.54. The number of amides is 1. The Labute approximate surface area is 98.4 Å². The molecular weight excluding hydrogens is 226 g/mol. The summed E-state index contributed by atoms with van der Waals surface area (Å²) in [5.41, 5.74) is 11.0. The summed E-state index contributed by atoms with van der Waals surface area (Å²) in [5.74, 6) is 0.0277. The van der Waals surface area contributed by atoms with Gasteiger partial charge in [-0.05, 0) is 13.8 Å². The van der Waals surface area contributed by atoms with Crippen molar-refractivity contribution >= 4 is 28.2 Å². The molecule has 0 aromatic carbocycles. The molecule has 1 heterocycles. The number of carbonyl (C=O) groups is 1. The zero-order valence-electron chi connectivity index (χ0n) is 9.41. The second kappa shape index (κ2) is 5.66. The highest BCUT2D eigenvalue weighted by molar-refractivity contribution is 7.18. The van der Waals surface area contributed by atoms with Crippen LogP contribution in [0.15, 0.2) is 0 Å². The Balaban J connectivity index is 2.73. The van der Waals surface area contributed by atoms with Crippen molar-refractivity contribution in [3.63, 3.8) is 0 Å². The Morgan fingerprint density at radius 2 is 2.25 bits per heavy atom. The molecule has 0 unspecified atom stereocenters. The van der Waals surface area contributed by atoms with Gasteiger partial charge in [-0.3, -0.25) is 4.79 Å². The maximum absolute atomic E-state index is 11.6. The van der Waals surface area contributed by atoms with Gasteiger partial charge in [0.15, 0.2) is 5.13 Å². The van der Waals surface area contributed by atoms with E-state index in [-0.39, 0.29) is 17.8 Å². The van der Waals surface area contributed by atoms with Crippen molar-refractivity contribution in [3.05, 3.63) is 4.88 Å². The minimum Gasteiger partial charge on any atom is -0.382 e. The molecule has 1 rings (SSSR count). The molecule has 1 aromatic heterocycles. The molecule has 0 aliphatic heterocycles. The van der Waals surface area contributed by atoms with E-state index in [0.717, 1.165) is 0 Å². The fraction of sp³-hybridized carbons (Fsp3) is 0.556. The van der Waals surface area contributed by atoms with Gasteiger partial charge in [0.2, 0.25) is 0 Å². The summed E-state index contributed by atoms with van der Waals surface area (Å²) >= 11 is 1.25. The van der Waals surface area contributed by atoms with Crippen LogP contribution >= 0.6 is 11.3 Å². The van der Waals surface area contributed by atoms with E-state index in [1.54, 1.807) is 0 Å². The number of aromatic nitrogens is 1. The number of hydrogen-bond acceptors (Lipinski definition) is 6. The molecule has 0 radical (unpaired) electrons. The number of nitrogens with zero attached hydrogens (tertiary/aromatic N) is 1. The van der Waals surface area contributed by atoms with Crippen LogP contribution in [0, 0.1) is 0 Å². The third-order valence-corrected chi connectivity index (χ3v) is 2.70. The lowest BCUT2D eigenvalue weighted by Crippen LogP contribution is -2.28. The number of thiazole rings is 1. The Morgan fingerprint density at radius 3 is 2.81 bits per heavy atom. The van der Waals surface area contributed by atoms with Crippen LogP contribution in [0.3, 0.4) is 0 Å². The number of nitrogen functional groups attached to an aromatic ring is 1. The first-order valence-corrected chi connectivity index (χ1v) is 5.87. The van der Waals surface area contributed by atoms with Gasteiger partial charge in [0, 0.05) is 19.1 Å². The molecule has 0 fully saturated rings. The standard InChI is InChI=1S/C9H17N5OS/c1-5(2)13-9-14-7(11)6(16-9)8(15)12-4-3-10/h5H,3-4,10-11H2,1-2H3,(H,12,15)(H,13,14). The fourth-order valence-corrected chi connectivity index (χ4v) is 2.02. The van der Waals surface area contributed by atoms with Crippen LogP contribution in [0.4, 0.5) is 10.9 Å². The van der Waals surface area contributed by atoms with Crippen molar-refractivity contribution < 1.29 is 4.79 Å².